The van der Waals surface area contributed by atoms with Crippen molar-refractivity contribution < 1.29 is 4.74 Å². The van der Waals surface area contributed by atoms with Crippen molar-refractivity contribution in [2.45, 2.75) is 0 Å². The van der Waals surface area contributed by atoms with Crippen molar-refractivity contribution in [3.63, 3.8) is 0 Å². The number of hydrogen-bond donors (Lipinski definition) is 0. The fourth-order valence-electron chi connectivity index (χ4n) is 3.48. The second-order valence-corrected chi connectivity index (χ2v) is 7.41. The predicted molar refractivity (Wildman–Crippen MR) is 113 cm³/mol. The molecule has 0 amide bonds. The van der Waals surface area contributed by atoms with Gasteiger partial charge >= 0.3 is 5.69 Å². The van der Waals surface area contributed by atoms with Gasteiger partial charge in [0.1, 0.15) is 5.75 Å². The number of benzene rings is 2. The number of para-hydroxylation sites is 2. The van der Waals surface area contributed by atoms with Gasteiger partial charge in [-0.2, -0.15) is 0 Å². The average Bonchev–Trinajstić information content (AvgIpc) is 3.11. The predicted octanol–water partition coefficient (Wildman–Crippen LogP) is 3.47. The zero-order valence-corrected chi connectivity index (χ0v) is 17.2. The topological polar surface area (TPSA) is 58.2 Å². The molecule has 2 aromatic carbocycles. The Morgan fingerprint density at radius 1 is 0.964 bits per heavy atom. The number of aryl methyl sites for hydroxylation is 1. The first-order chi connectivity index (χ1) is 13.4. The summed E-state index contributed by atoms with van der Waals surface area (Å²) in [4.78, 5) is 25.5. The number of hydrogen-bond acceptors (Lipinski definition) is 3. The summed E-state index contributed by atoms with van der Waals surface area (Å²) in [6.45, 7) is 0. The van der Waals surface area contributed by atoms with Crippen molar-refractivity contribution in [2.24, 2.45) is 14.1 Å². The lowest BCUT2D eigenvalue weighted by Crippen LogP contribution is -2.36. The molecule has 0 saturated carbocycles. The minimum atomic E-state index is -0.365. The van der Waals surface area contributed by atoms with Gasteiger partial charge in [-0.15, -0.1) is 0 Å². The third kappa shape index (κ3) is 2.70. The molecule has 4 aromatic rings. The van der Waals surface area contributed by atoms with E-state index in [2.05, 4.69) is 15.9 Å². The Kier molecular flexibility index (Phi) is 4.47. The standard InChI is InChI=1S/C21H18BrN3O3/c1-23-16-12-25(15-9-4-5-10-17(15)28-3)19(13-7-6-8-14(22)11-13)18(16)20(26)24(2)21(23)27/h4-12H,1-3H3. The van der Waals surface area contributed by atoms with E-state index in [1.807, 2.05) is 59.3 Å². The van der Waals surface area contributed by atoms with Gasteiger partial charge in [0.15, 0.2) is 0 Å². The largest absolute Gasteiger partial charge is 0.495 e. The number of methoxy groups -OCH3 is 1. The molecule has 0 unspecified atom stereocenters. The fraction of sp³-hybridized carbons (Fsp3) is 0.143. The summed E-state index contributed by atoms with van der Waals surface area (Å²) in [5.74, 6) is 0.667. The number of nitrogens with zero attached hydrogens (tertiary/aromatic N) is 3. The van der Waals surface area contributed by atoms with Gasteiger partial charge in [0.25, 0.3) is 5.56 Å². The number of rotatable bonds is 3. The van der Waals surface area contributed by atoms with Crippen LogP contribution in [0.1, 0.15) is 0 Å². The summed E-state index contributed by atoms with van der Waals surface area (Å²) in [5.41, 5.74) is 2.21. The maximum atomic E-state index is 13.1. The van der Waals surface area contributed by atoms with E-state index in [4.69, 9.17) is 4.74 Å². The molecule has 142 valence electrons. The monoisotopic (exact) mass is 439 g/mol. The summed E-state index contributed by atoms with van der Waals surface area (Å²) in [5, 5.41) is 0.480. The summed E-state index contributed by atoms with van der Waals surface area (Å²) >= 11 is 3.51. The van der Waals surface area contributed by atoms with Crippen molar-refractivity contribution in [3.8, 4) is 22.7 Å². The van der Waals surface area contributed by atoms with Crippen LogP contribution in [0.5, 0.6) is 5.75 Å². The van der Waals surface area contributed by atoms with Crippen LogP contribution in [0.25, 0.3) is 27.8 Å². The van der Waals surface area contributed by atoms with E-state index in [1.54, 1.807) is 14.2 Å². The molecule has 0 radical (unpaired) electrons. The van der Waals surface area contributed by atoms with Crippen LogP contribution < -0.4 is 16.0 Å². The van der Waals surface area contributed by atoms with Crippen LogP contribution in [-0.2, 0) is 14.1 Å². The molecule has 0 fully saturated rings. The van der Waals surface area contributed by atoms with Gasteiger partial charge in [-0.3, -0.25) is 13.9 Å². The van der Waals surface area contributed by atoms with Gasteiger partial charge in [0.05, 0.1) is 29.4 Å². The SMILES string of the molecule is COc1ccccc1-n1cc2c(c1-c1cccc(Br)c1)c(=O)n(C)c(=O)n2C. The summed E-state index contributed by atoms with van der Waals surface area (Å²) < 4.78 is 11.0. The van der Waals surface area contributed by atoms with Crippen LogP contribution in [0, 0.1) is 0 Å². The Hall–Kier alpha value is -3.06. The molecule has 0 aliphatic rings. The van der Waals surface area contributed by atoms with Crippen LogP contribution in [-0.4, -0.2) is 20.8 Å². The molecule has 0 aliphatic heterocycles. The van der Waals surface area contributed by atoms with E-state index in [1.165, 1.54) is 11.6 Å². The van der Waals surface area contributed by atoms with Crippen molar-refractivity contribution >= 4 is 26.8 Å². The van der Waals surface area contributed by atoms with Gasteiger partial charge < -0.3 is 9.30 Å². The third-order valence-corrected chi connectivity index (χ3v) is 5.37. The van der Waals surface area contributed by atoms with Gasteiger partial charge in [-0.05, 0) is 24.3 Å². The molecule has 0 saturated heterocycles. The molecule has 28 heavy (non-hydrogen) atoms. The van der Waals surface area contributed by atoms with Gasteiger partial charge in [0.2, 0.25) is 0 Å². The van der Waals surface area contributed by atoms with Crippen LogP contribution >= 0.6 is 15.9 Å². The maximum absolute atomic E-state index is 13.1. The maximum Gasteiger partial charge on any atom is 0.330 e. The number of aromatic nitrogens is 3. The highest BCUT2D eigenvalue weighted by Gasteiger charge is 2.21. The first-order valence-corrected chi connectivity index (χ1v) is 9.43. The third-order valence-electron chi connectivity index (χ3n) is 4.88. The van der Waals surface area contributed by atoms with Gasteiger partial charge in [-0.1, -0.05) is 40.2 Å². The molecule has 6 nitrogen and oxygen atoms in total. The number of ether oxygens (including phenoxy) is 1. The molecule has 0 aliphatic carbocycles. The van der Waals surface area contributed by atoms with Crippen LogP contribution in [0.2, 0.25) is 0 Å². The molecule has 0 atom stereocenters. The molecule has 0 N–H and O–H groups in total. The van der Waals surface area contributed by atoms with Crippen molar-refractivity contribution in [2.75, 3.05) is 7.11 Å². The number of halogens is 1. The lowest BCUT2D eigenvalue weighted by Gasteiger charge is -2.13. The van der Waals surface area contributed by atoms with E-state index >= 15 is 0 Å². The Labute approximate surface area is 169 Å². The molecule has 0 spiro atoms. The Bertz CT molecular complexity index is 1330. The van der Waals surface area contributed by atoms with E-state index in [-0.39, 0.29) is 11.2 Å². The lowest BCUT2D eigenvalue weighted by atomic mass is 10.1. The second-order valence-electron chi connectivity index (χ2n) is 6.50. The van der Waals surface area contributed by atoms with E-state index in [9.17, 15) is 9.59 Å². The summed E-state index contributed by atoms with van der Waals surface area (Å²) in [6, 6.07) is 15.3. The van der Waals surface area contributed by atoms with Crippen molar-refractivity contribution in [1.82, 2.24) is 13.7 Å². The molecule has 4 rings (SSSR count). The van der Waals surface area contributed by atoms with Crippen LogP contribution in [0.4, 0.5) is 0 Å². The first-order valence-electron chi connectivity index (χ1n) is 8.64. The van der Waals surface area contributed by atoms with Crippen LogP contribution in [0.15, 0.2) is 68.8 Å². The molecule has 0 bridgehead atoms. The van der Waals surface area contributed by atoms with Gasteiger partial charge in [-0.25, -0.2) is 4.79 Å². The van der Waals surface area contributed by atoms with Crippen molar-refractivity contribution in [1.29, 1.82) is 0 Å². The minimum Gasteiger partial charge on any atom is -0.495 e. The highest BCUT2D eigenvalue weighted by Crippen LogP contribution is 2.34. The molecule has 7 heteroatoms. The fourth-order valence-corrected chi connectivity index (χ4v) is 3.88. The molecule has 2 aromatic heterocycles. The highest BCUT2D eigenvalue weighted by molar-refractivity contribution is 9.10. The van der Waals surface area contributed by atoms with Gasteiger partial charge in [0, 0.05) is 30.3 Å². The lowest BCUT2D eigenvalue weighted by molar-refractivity contribution is 0.413. The average molecular weight is 440 g/mol. The minimum absolute atomic E-state index is 0.332. The smallest absolute Gasteiger partial charge is 0.330 e. The number of fused-ring (bicyclic) bond motifs is 1. The molecule has 2 heterocycles. The Morgan fingerprint density at radius 2 is 1.71 bits per heavy atom. The Morgan fingerprint density at radius 3 is 2.43 bits per heavy atom. The highest BCUT2D eigenvalue weighted by atomic mass is 79.9. The quantitative estimate of drug-likeness (QED) is 0.490. The molecular formula is C21H18BrN3O3. The van der Waals surface area contributed by atoms with Crippen molar-refractivity contribution in [3.05, 3.63) is 80.0 Å². The van der Waals surface area contributed by atoms with Crippen LogP contribution in [0.3, 0.4) is 0 Å². The normalized spacial score (nSPS) is 11.1. The van der Waals surface area contributed by atoms with E-state index in [0.717, 1.165) is 20.3 Å². The second kappa shape index (κ2) is 6.83. The first kappa shape index (κ1) is 18.3. The van der Waals surface area contributed by atoms with E-state index in [0.29, 0.717) is 22.3 Å². The molecular weight excluding hydrogens is 422 g/mol. The Balaban J connectivity index is 2.24. The summed E-state index contributed by atoms with van der Waals surface area (Å²) in [6.07, 6.45) is 1.81. The zero-order valence-electron chi connectivity index (χ0n) is 15.6. The zero-order chi connectivity index (χ0) is 20.0. The van der Waals surface area contributed by atoms with E-state index < -0.39 is 0 Å². The summed E-state index contributed by atoms with van der Waals surface area (Å²) in [7, 11) is 4.77.